The van der Waals surface area contributed by atoms with Gasteiger partial charge < -0.3 is 10.1 Å². The Labute approximate surface area is 240 Å². The third-order valence-corrected chi connectivity index (χ3v) is 8.96. The number of carbonyl (C=O) groups is 2. The van der Waals surface area contributed by atoms with Gasteiger partial charge in [0.25, 0.3) is 0 Å². The third kappa shape index (κ3) is 5.89. The van der Waals surface area contributed by atoms with Crippen LogP contribution in [0.3, 0.4) is 0 Å². The maximum atomic E-state index is 15.2. The van der Waals surface area contributed by atoms with Crippen molar-refractivity contribution < 1.29 is 27.1 Å². The zero-order valence-corrected chi connectivity index (χ0v) is 24.5. The molecule has 0 radical (unpaired) electrons. The van der Waals surface area contributed by atoms with Gasteiger partial charge in [-0.1, -0.05) is 31.2 Å². The maximum absolute atomic E-state index is 15.2. The second-order valence-corrected chi connectivity index (χ2v) is 14.2. The first-order valence-electron chi connectivity index (χ1n) is 13.7. The molecule has 0 spiro atoms. The molecule has 7 atom stereocenters. The van der Waals surface area contributed by atoms with Crippen molar-refractivity contribution in [1.29, 1.82) is 5.26 Å². The molecule has 1 heterocycles. The molecule has 3 fully saturated rings. The van der Waals surface area contributed by atoms with Gasteiger partial charge in [0.2, 0.25) is 15.9 Å². The van der Waals surface area contributed by atoms with Crippen LogP contribution in [0.25, 0.3) is 11.1 Å². The number of nitrogens with zero attached hydrogens (tertiary/aromatic N) is 2. The largest absolute Gasteiger partial charge is 0.444 e. The zero-order chi connectivity index (χ0) is 29.9. The van der Waals surface area contributed by atoms with Crippen LogP contribution >= 0.6 is 0 Å². The van der Waals surface area contributed by atoms with Gasteiger partial charge in [0.15, 0.2) is 0 Å². The molecule has 3 aliphatic rings. The van der Waals surface area contributed by atoms with Crippen molar-refractivity contribution in [2.24, 2.45) is 23.7 Å². The second kappa shape index (κ2) is 10.3. The van der Waals surface area contributed by atoms with Gasteiger partial charge in [-0.3, -0.25) is 14.4 Å². The number of sulfonamides is 1. The van der Waals surface area contributed by atoms with E-state index < -0.39 is 45.5 Å². The minimum Gasteiger partial charge on any atom is -0.444 e. The van der Waals surface area contributed by atoms with Crippen molar-refractivity contribution >= 4 is 27.7 Å². The van der Waals surface area contributed by atoms with Gasteiger partial charge >= 0.3 is 6.09 Å². The van der Waals surface area contributed by atoms with E-state index in [-0.39, 0.29) is 23.9 Å². The number of carbonyl (C=O) groups excluding carboxylic acids is 2. The summed E-state index contributed by atoms with van der Waals surface area (Å²) in [5.74, 6) is 0.229. The summed E-state index contributed by atoms with van der Waals surface area (Å²) < 4.78 is 46.3. The first kappa shape index (κ1) is 28.9. The Morgan fingerprint density at radius 3 is 2.51 bits per heavy atom. The molecule has 2 aliphatic carbocycles. The third-order valence-electron chi connectivity index (χ3n) is 8.35. The molecule has 1 saturated heterocycles. The predicted octanol–water partition coefficient (Wildman–Crippen LogP) is 4.30. The summed E-state index contributed by atoms with van der Waals surface area (Å²) in [5.41, 5.74) is 1.04. The molecule has 2 amide bonds. The molecule has 1 aliphatic heterocycles. The standard InChI is InChI=1S/C30H35FN4O5S/c1-16-25-22-14-24(26(16)25)35(29(37)40-30(2,3)4)27(22)28(36)33-21(15-32)12-19-10-9-18(13-23(19)31)17-7-6-8-20(11-17)34-41(5,38)39/h6-11,13,16,21-22,24-27,34H,12,14H2,1-5H3,(H,33,36)/t16?,21-,22+,24-,25?,26?,27-/m0/s1. The van der Waals surface area contributed by atoms with Gasteiger partial charge in [-0.05, 0) is 85.8 Å². The Bertz CT molecular complexity index is 1530. The normalized spacial score (nSPS) is 27.0. The Morgan fingerprint density at radius 1 is 1.17 bits per heavy atom. The highest BCUT2D eigenvalue weighted by Crippen LogP contribution is 2.67. The van der Waals surface area contributed by atoms with E-state index in [1.807, 2.05) is 0 Å². The number of hydrogen-bond acceptors (Lipinski definition) is 6. The number of hydrogen-bond donors (Lipinski definition) is 2. The highest BCUT2D eigenvalue weighted by Gasteiger charge is 2.71. The average Bonchev–Trinajstić information content (AvgIpc) is 3.21. The van der Waals surface area contributed by atoms with E-state index in [1.54, 1.807) is 62.1 Å². The van der Waals surface area contributed by atoms with E-state index in [9.17, 15) is 23.3 Å². The molecule has 41 heavy (non-hydrogen) atoms. The van der Waals surface area contributed by atoms with Crippen LogP contribution in [-0.4, -0.2) is 55.3 Å². The molecule has 3 unspecified atom stereocenters. The van der Waals surface area contributed by atoms with Crippen molar-refractivity contribution in [2.75, 3.05) is 11.0 Å². The van der Waals surface area contributed by atoms with Crippen LogP contribution in [0.2, 0.25) is 0 Å². The van der Waals surface area contributed by atoms with Crippen molar-refractivity contribution in [2.45, 2.75) is 64.3 Å². The number of rotatable bonds is 7. The molecular weight excluding hydrogens is 547 g/mol. The van der Waals surface area contributed by atoms with E-state index >= 15 is 4.39 Å². The first-order valence-corrected chi connectivity index (χ1v) is 15.6. The minimum atomic E-state index is -3.46. The Kier molecular flexibility index (Phi) is 7.26. The highest BCUT2D eigenvalue weighted by atomic mass is 32.2. The number of piperidine rings is 1. The number of benzene rings is 2. The van der Waals surface area contributed by atoms with E-state index in [1.165, 1.54) is 6.07 Å². The molecule has 2 aromatic carbocycles. The predicted molar refractivity (Wildman–Crippen MR) is 151 cm³/mol. The van der Waals surface area contributed by atoms with E-state index in [4.69, 9.17) is 4.74 Å². The van der Waals surface area contributed by atoms with Crippen LogP contribution in [0.4, 0.5) is 14.9 Å². The molecule has 11 heteroatoms. The van der Waals surface area contributed by atoms with Crippen molar-refractivity contribution in [3.8, 4) is 17.2 Å². The van der Waals surface area contributed by atoms with Gasteiger partial charge in [-0.25, -0.2) is 17.6 Å². The van der Waals surface area contributed by atoms with Crippen LogP contribution in [0.15, 0.2) is 42.5 Å². The summed E-state index contributed by atoms with van der Waals surface area (Å²) >= 11 is 0. The summed E-state index contributed by atoms with van der Waals surface area (Å²) in [6.07, 6.45) is 1.22. The summed E-state index contributed by atoms with van der Waals surface area (Å²) in [6, 6.07) is 11.4. The maximum Gasteiger partial charge on any atom is 0.411 e. The number of likely N-dealkylation sites (tertiary alicyclic amines) is 1. The summed E-state index contributed by atoms with van der Waals surface area (Å²) in [4.78, 5) is 28.3. The van der Waals surface area contributed by atoms with Gasteiger partial charge in [-0.15, -0.1) is 0 Å². The molecular formula is C30H35FN4O5S. The van der Waals surface area contributed by atoms with Gasteiger partial charge in [-0.2, -0.15) is 5.26 Å². The van der Waals surface area contributed by atoms with Gasteiger partial charge in [0.1, 0.15) is 23.5 Å². The van der Waals surface area contributed by atoms with E-state index in [0.29, 0.717) is 34.6 Å². The average molecular weight is 583 g/mol. The van der Waals surface area contributed by atoms with Crippen molar-refractivity contribution in [3.05, 3.63) is 53.8 Å². The zero-order valence-electron chi connectivity index (χ0n) is 23.7. The Hall–Kier alpha value is -3.65. The van der Waals surface area contributed by atoms with E-state index in [0.717, 1.165) is 12.7 Å². The second-order valence-electron chi connectivity index (χ2n) is 12.5. The van der Waals surface area contributed by atoms with Crippen molar-refractivity contribution in [3.63, 3.8) is 0 Å². The fourth-order valence-electron chi connectivity index (χ4n) is 6.81. The van der Waals surface area contributed by atoms with E-state index in [2.05, 4.69) is 23.0 Å². The molecule has 2 saturated carbocycles. The highest BCUT2D eigenvalue weighted by molar-refractivity contribution is 7.92. The summed E-state index contributed by atoms with van der Waals surface area (Å²) in [6.45, 7) is 7.49. The number of fused-ring (bicyclic) bond motifs is 5. The lowest BCUT2D eigenvalue weighted by Gasteiger charge is -2.35. The minimum absolute atomic E-state index is 0.0100. The summed E-state index contributed by atoms with van der Waals surface area (Å²) in [5, 5.41) is 12.6. The number of nitriles is 1. The monoisotopic (exact) mass is 582 g/mol. The smallest absolute Gasteiger partial charge is 0.411 e. The quantitative estimate of drug-likeness (QED) is 0.501. The summed E-state index contributed by atoms with van der Waals surface area (Å²) in [7, 11) is -3.46. The molecule has 0 aromatic heterocycles. The molecule has 2 N–H and O–H groups in total. The molecule has 5 rings (SSSR count). The van der Waals surface area contributed by atoms with Crippen LogP contribution in [0.1, 0.15) is 39.7 Å². The Morgan fingerprint density at radius 2 is 1.88 bits per heavy atom. The Balaban J connectivity index is 1.30. The number of ether oxygens (including phenoxy) is 1. The lowest BCUT2D eigenvalue weighted by molar-refractivity contribution is -0.128. The van der Waals surface area contributed by atoms with Gasteiger partial charge in [0.05, 0.1) is 12.3 Å². The molecule has 218 valence electrons. The molecule has 9 nitrogen and oxygen atoms in total. The SMILES string of the molecule is CC1C2C1[C@@H]1C[C@H]2[C@@H](C(=O)N[C@H](C#N)Cc2ccc(-c3cccc(NS(C)(=O)=O)c3)cc2F)N1C(=O)OC(C)(C)C. The fraction of sp³-hybridized carbons (Fsp3) is 0.500. The number of anilines is 1. The lowest BCUT2D eigenvalue weighted by atomic mass is 9.94. The fourth-order valence-corrected chi connectivity index (χ4v) is 7.37. The molecule has 2 bridgehead atoms. The van der Waals surface area contributed by atoms with Crippen LogP contribution in [-0.2, 0) is 26.0 Å². The number of halogens is 1. The number of nitrogens with one attached hydrogen (secondary N) is 2. The molecule has 2 aromatic rings. The van der Waals surface area contributed by atoms with Crippen LogP contribution < -0.4 is 10.0 Å². The topological polar surface area (TPSA) is 129 Å². The lowest BCUT2D eigenvalue weighted by Crippen LogP contribution is -2.56. The van der Waals surface area contributed by atoms with Crippen LogP contribution in [0.5, 0.6) is 0 Å². The first-order chi connectivity index (χ1) is 19.2. The van der Waals surface area contributed by atoms with Gasteiger partial charge in [0, 0.05) is 18.2 Å². The van der Waals surface area contributed by atoms with Crippen molar-refractivity contribution in [1.82, 2.24) is 10.2 Å². The number of amides is 2. The van der Waals surface area contributed by atoms with Crippen LogP contribution in [0, 0.1) is 40.8 Å².